The molecule has 4 heteroatoms. The van der Waals surface area contributed by atoms with Gasteiger partial charge in [0.05, 0.1) is 6.21 Å². The molecule has 0 spiro atoms. The van der Waals surface area contributed by atoms with Crippen LogP contribution >= 0.6 is 0 Å². The summed E-state index contributed by atoms with van der Waals surface area (Å²) in [5.74, 6) is 0. The summed E-state index contributed by atoms with van der Waals surface area (Å²) in [5.41, 5.74) is 3.03. The number of piperidine rings is 1. The van der Waals surface area contributed by atoms with E-state index in [0.29, 0.717) is 6.04 Å². The topological polar surface area (TPSA) is 51.5 Å². The first kappa shape index (κ1) is 9.19. The second kappa shape index (κ2) is 4.87. The second-order valence-electron chi connectivity index (χ2n) is 3.15. The Labute approximate surface area is 73.1 Å². The maximum absolute atomic E-state index is 6.73. The third-order valence-electron chi connectivity index (χ3n) is 2.12. The number of hydrogen-bond donors (Lipinski definition) is 2. The normalized spacial score (nSPS) is 21.4. The Hall–Kier alpha value is -0.900. The monoisotopic (exact) mass is 168 g/mol. The molecule has 1 heterocycles. The lowest BCUT2D eigenvalue weighted by Gasteiger charge is -2.28. The minimum Gasteiger partial charge on any atom is -0.307 e. The van der Waals surface area contributed by atoms with Crippen molar-refractivity contribution in [2.75, 3.05) is 20.1 Å². The molecule has 0 amide bonds. The summed E-state index contributed by atoms with van der Waals surface area (Å²) in [6, 6.07) is 0.498. The molecule has 68 valence electrons. The van der Waals surface area contributed by atoms with E-state index >= 15 is 0 Å². The molecule has 4 nitrogen and oxygen atoms in total. The number of nitrogens with zero attached hydrogens (tertiary/aromatic N) is 2. The number of likely N-dealkylation sites (tertiary alicyclic amines) is 1. The van der Waals surface area contributed by atoms with Gasteiger partial charge in [-0.25, -0.2) is 0 Å². The molecule has 0 bridgehead atoms. The summed E-state index contributed by atoms with van der Waals surface area (Å²) in [4.78, 5) is 2.32. The van der Waals surface area contributed by atoms with Gasteiger partial charge in [0, 0.05) is 12.3 Å². The molecule has 0 aromatic carbocycles. The zero-order chi connectivity index (χ0) is 8.81. The fourth-order valence-corrected chi connectivity index (χ4v) is 1.32. The lowest BCUT2D eigenvalue weighted by molar-refractivity contribution is 0.236. The number of hydrogen-bond acceptors (Lipinski definition) is 4. The fourth-order valence-electron chi connectivity index (χ4n) is 1.32. The van der Waals surface area contributed by atoms with E-state index in [4.69, 9.17) is 5.41 Å². The molecule has 0 unspecified atom stereocenters. The maximum Gasteiger partial charge on any atom is 0.0643 e. The van der Waals surface area contributed by atoms with Crippen molar-refractivity contribution in [3.8, 4) is 0 Å². The van der Waals surface area contributed by atoms with Crippen LogP contribution in [0.4, 0.5) is 0 Å². The van der Waals surface area contributed by atoms with Gasteiger partial charge in [-0.05, 0) is 33.0 Å². The van der Waals surface area contributed by atoms with Gasteiger partial charge in [-0.15, -0.1) is 0 Å². The SMILES string of the molecule is CN1CCC(N/N=C\C=N)CC1. The molecule has 12 heavy (non-hydrogen) atoms. The summed E-state index contributed by atoms with van der Waals surface area (Å²) < 4.78 is 0. The molecule has 0 saturated carbocycles. The van der Waals surface area contributed by atoms with Crippen molar-refractivity contribution >= 4 is 12.4 Å². The van der Waals surface area contributed by atoms with Crippen LogP contribution in [0.5, 0.6) is 0 Å². The van der Waals surface area contributed by atoms with Gasteiger partial charge in [-0.2, -0.15) is 5.10 Å². The highest BCUT2D eigenvalue weighted by molar-refractivity contribution is 6.14. The van der Waals surface area contributed by atoms with E-state index in [1.807, 2.05) is 0 Å². The van der Waals surface area contributed by atoms with Crippen molar-refractivity contribution in [2.24, 2.45) is 5.10 Å². The molecule has 1 aliphatic rings. The van der Waals surface area contributed by atoms with Crippen LogP contribution < -0.4 is 5.43 Å². The van der Waals surface area contributed by atoms with Crippen LogP contribution in [-0.4, -0.2) is 43.5 Å². The lowest BCUT2D eigenvalue weighted by Crippen LogP contribution is -2.38. The molecule has 0 atom stereocenters. The first-order chi connectivity index (χ1) is 5.83. The fraction of sp³-hybridized carbons (Fsp3) is 0.750. The zero-order valence-corrected chi connectivity index (χ0v) is 7.45. The Kier molecular flexibility index (Phi) is 3.73. The van der Waals surface area contributed by atoms with Crippen molar-refractivity contribution < 1.29 is 0 Å². The van der Waals surface area contributed by atoms with E-state index in [2.05, 4.69) is 22.5 Å². The van der Waals surface area contributed by atoms with Gasteiger partial charge in [0.25, 0.3) is 0 Å². The minimum absolute atomic E-state index is 0.498. The highest BCUT2D eigenvalue weighted by Crippen LogP contribution is 2.07. The first-order valence-electron chi connectivity index (χ1n) is 4.29. The van der Waals surface area contributed by atoms with Crippen LogP contribution in [0.15, 0.2) is 5.10 Å². The molecule has 1 saturated heterocycles. The zero-order valence-electron chi connectivity index (χ0n) is 7.45. The van der Waals surface area contributed by atoms with E-state index in [-0.39, 0.29) is 0 Å². The van der Waals surface area contributed by atoms with E-state index in [9.17, 15) is 0 Å². The Bertz CT molecular complexity index is 158. The third-order valence-corrected chi connectivity index (χ3v) is 2.12. The Morgan fingerprint density at radius 3 is 2.75 bits per heavy atom. The lowest BCUT2D eigenvalue weighted by atomic mass is 10.1. The molecule has 0 aliphatic carbocycles. The van der Waals surface area contributed by atoms with Crippen molar-refractivity contribution in [3.05, 3.63) is 0 Å². The summed E-state index contributed by atoms with van der Waals surface area (Å²) >= 11 is 0. The van der Waals surface area contributed by atoms with Crippen LogP contribution in [0.25, 0.3) is 0 Å². The van der Waals surface area contributed by atoms with Crippen LogP contribution in [0, 0.1) is 5.41 Å². The van der Waals surface area contributed by atoms with E-state index in [1.54, 1.807) is 0 Å². The molecule has 0 aromatic rings. The largest absolute Gasteiger partial charge is 0.307 e. The molecule has 0 aromatic heterocycles. The standard InChI is InChI=1S/C8H16N4/c1-12-6-2-8(3-7-12)11-10-5-4-9/h4-5,8-9,11H,2-3,6-7H2,1H3/b9-4?,10-5-. The Morgan fingerprint density at radius 2 is 2.17 bits per heavy atom. The van der Waals surface area contributed by atoms with Crippen LogP contribution in [0.3, 0.4) is 0 Å². The van der Waals surface area contributed by atoms with Crippen molar-refractivity contribution in [1.82, 2.24) is 10.3 Å². The van der Waals surface area contributed by atoms with Crippen LogP contribution in [0.2, 0.25) is 0 Å². The van der Waals surface area contributed by atoms with Gasteiger partial charge in [0.2, 0.25) is 0 Å². The van der Waals surface area contributed by atoms with E-state index in [1.165, 1.54) is 12.4 Å². The highest BCUT2D eigenvalue weighted by atomic mass is 15.3. The molecule has 0 radical (unpaired) electrons. The van der Waals surface area contributed by atoms with Gasteiger partial charge in [0.15, 0.2) is 0 Å². The van der Waals surface area contributed by atoms with Gasteiger partial charge in [-0.1, -0.05) is 0 Å². The third kappa shape index (κ3) is 3.00. The van der Waals surface area contributed by atoms with Crippen LogP contribution in [-0.2, 0) is 0 Å². The predicted octanol–water partition coefficient (Wildman–Crippen LogP) is 0.306. The number of nitrogens with one attached hydrogen (secondary N) is 2. The molecule has 1 aliphatic heterocycles. The minimum atomic E-state index is 0.498. The molecule has 1 rings (SSSR count). The Morgan fingerprint density at radius 1 is 1.50 bits per heavy atom. The molecular weight excluding hydrogens is 152 g/mol. The van der Waals surface area contributed by atoms with Gasteiger partial charge in [0.1, 0.15) is 0 Å². The average Bonchev–Trinajstić information content (AvgIpc) is 2.09. The van der Waals surface area contributed by atoms with E-state index in [0.717, 1.165) is 25.9 Å². The summed E-state index contributed by atoms with van der Waals surface area (Å²) in [7, 11) is 2.14. The quantitative estimate of drug-likeness (QED) is 0.470. The Balaban J connectivity index is 2.17. The molecule has 2 N–H and O–H groups in total. The van der Waals surface area contributed by atoms with E-state index < -0.39 is 0 Å². The second-order valence-corrected chi connectivity index (χ2v) is 3.15. The summed E-state index contributed by atoms with van der Waals surface area (Å²) in [5, 5.41) is 10.6. The van der Waals surface area contributed by atoms with Gasteiger partial charge in [-0.3, -0.25) is 0 Å². The van der Waals surface area contributed by atoms with Crippen molar-refractivity contribution in [1.29, 1.82) is 5.41 Å². The summed E-state index contributed by atoms with van der Waals surface area (Å²) in [6.07, 6.45) is 4.94. The highest BCUT2D eigenvalue weighted by Gasteiger charge is 2.14. The number of hydrazone groups is 1. The van der Waals surface area contributed by atoms with Gasteiger partial charge < -0.3 is 15.7 Å². The molecular formula is C8H16N4. The molecule has 1 fully saturated rings. The van der Waals surface area contributed by atoms with Crippen molar-refractivity contribution in [3.63, 3.8) is 0 Å². The van der Waals surface area contributed by atoms with Crippen molar-refractivity contribution in [2.45, 2.75) is 18.9 Å². The average molecular weight is 168 g/mol. The smallest absolute Gasteiger partial charge is 0.0643 e. The first-order valence-corrected chi connectivity index (χ1v) is 4.29. The van der Waals surface area contributed by atoms with Gasteiger partial charge >= 0.3 is 0 Å². The van der Waals surface area contributed by atoms with Crippen LogP contribution in [0.1, 0.15) is 12.8 Å². The predicted molar refractivity (Wildman–Crippen MR) is 50.9 cm³/mol. The number of rotatable bonds is 3. The summed E-state index contributed by atoms with van der Waals surface area (Å²) in [6.45, 7) is 2.27. The maximum atomic E-state index is 6.73.